The normalized spacial score (nSPS) is 18.1. The predicted octanol–water partition coefficient (Wildman–Crippen LogP) is 3.22. The second-order valence-corrected chi connectivity index (χ2v) is 6.88. The molecule has 0 spiro atoms. The molecule has 1 saturated heterocycles. The van der Waals surface area contributed by atoms with Crippen LogP contribution in [-0.2, 0) is 15.9 Å². The van der Waals surface area contributed by atoms with E-state index in [0.29, 0.717) is 19.8 Å². The van der Waals surface area contributed by atoms with Crippen LogP contribution < -0.4 is 10.6 Å². The molecule has 0 radical (unpaired) electrons. The highest BCUT2D eigenvalue weighted by Crippen LogP contribution is 2.19. The third-order valence-electron chi connectivity index (χ3n) is 4.58. The first kappa shape index (κ1) is 22.9. The van der Waals surface area contributed by atoms with Crippen molar-refractivity contribution in [3.05, 3.63) is 35.8 Å². The van der Waals surface area contributed by atoms with Crippen molar-refractivity contribution in [2.45, 2.75) is 38.8 Å². The summed E-state index contributed by atoms with van der Waals surface area (Å²) in [5, 5.41) is 7.55. The Morgan fingerprint density at radius 2 is 2.32 bits per heavy atom. The van der Waals surface area contributed by atoms with Crippen LogP contribution >= 0.6 is 24.0 Å². The van der Waals surface area contributed by atoms with E-state index in [0.717, 1.165) is 48.4 Å². The maximum Gasteiger partial charge on any atom is 0.191 e. The third kappa shape index (κ3) is 6.59. The van der Waals surface area contributed by atoms with Crippen molar-refractivity contribution < 1.29 is 13.9 Å². The number of H-pyrrole nitrogens is 1. The summed E-state index contributed by atoms with van der Waals surface area (Å²) < 4.78 is 24.7. The fourth-order valence-corrected chi connectivity index (χ4v) is 3.17. The monoisotopic (exact) mass is 504 g/mol. The van der Waals surface area contributed by atoms with Crippen LogP contribution in [0.5, 0.6) is 0 Å². The Morgan fingerprint density at radius 3 is 3.07 bits per heavy atom. The average molecular weight is 504 g/mol. The van der Waals surface area contributed by atoms with Gasteiger partial charge in [0.1, 0.15) is 5.82 Å². The minimum absolute atomic E-state index is 0. The number of halogens is 2. The molecule has 6 nitrogen and oxygen atoms in total. The number of guanidine groups is 1. The van der Waals surface area contributed by atoms with Gasteiger partial charge >= 0.3 is 0 Å². The molecule has 0 amide bonds. The highest BCUT2D eigenvalue weighted by atomic mass is 127. The van der Waals surface area contributed by atoms with E-state index >= 15 is 0 Å². The second-order valence-electron chi connectivity index (χ2n) is 6.88. The minimum Gasteiger partial charge on any atom is -0.379 e. The van der Waals surface area contributed by atoms with Crippen molar-refractivity contribution in [3.63, 3.8) is 0 Å². The number of fused-ring (bicyclic) bond motifs is 1. The minimum atomic E-state index is -0.219. The molecule has 2 atom stereocenters. The van der Waals surface area contributed by atoms with E-state index in [1.165, 1.54) is 6.07 Å². The second kappa shape index (κ2) is 11.6. The van der Waals surface area contributed by atoms with Gasteiger partial charge in [-0.3, -0.25) is 4.99 Å². The summed E-state index contributed by atoms with van der Waals surface area (Å²) in [6.07, 6.45) is 3.84. The summed E-state index contributed by atoms with van der Waals surface area (Å²) in [5.41, 5.74) is 2.02. The lowest BCUT2D eigenvalue weighted by Gasteiger charge is -2.19. The number of hydrogen-bond donors (Lipinski definition) is 3. The molecule has 2 aromatic rings. The number of benzene rings is 1. The van der Waals surface area contributed by atoms with Crippen LogP contribution in [0.15, 0.2) is 29.4 Å². The highest BCUT2D eigenvalue weighted by Gasteiger charge is 2.17. The van der Waals surface area contributed by atoms with E-state index < -0.39 is 0 Å². The Morgan fingerprint density at radius 1 is 1.46 bits per heavy atom. The molecule has 0 bridgehead atoms. The van der Waals surface area contributed by atoms with Gasteiger partial charge < -0.3 is 25.1 Å². The van der Waals surface area contributed by atoms with Gasteiger partial charge in [0, 0.05) is 42.8 Å². The van der Waals surface area contributed by atoms with Crippen molar-refractivity contribution in [2.24, 2.45) is 4.99 Å². The van der Waals surface area contributed by atoms with Crippen LogP contribution in [0.25, 0.3) is 10.9 Å². The van der Waals surface area contributed by atoms with E-state index in [9.17, 15) is 4.39 Å². The number of rotatable bonds is 8. The maximum absolute atomic E-state index is 13.5. The number of nitrogens with zero attached hydrogens (tertiary/aromatic N) is 1. The van der Waals surface area contributed by atoms with E-state index in [4.69, 9.17) is 9.47 Å². The number of hydrogen-bond acceptors (Lipinski definition) is 3. The standard InChI is InChI=1S/C20H29FN4O2.HI/c1-3-22-20(25-14(2)12-27-17-7-9-26-13-17)23-8-6-15-11-24-19-5-4-16(21)10-18(15)19;/h4-5,10-11,14,17,24H,3,6-9,12-13H2,1-2H3,(H2,22,23,25);1H. The Labute approximate surface area is 182 Å². The number of nitrogens with one attached hydrogen (secondary N) is 3. The lowest BCUT2D eigenvalue weighted by molar-refractivity contribution is 0.0347. The maximum atomic E-state index is 13.5. The number of ether oxygens (including phenoxy) is 2. The summed E-state index contributed by atoms with van der Waals surface area (Å²) in [6.45, 7) is 7.60. The Hall–Kier alpha value is -1.39. The molecule has 1 aromatic heterocycles. The van der Waals surface area contributed by atoms with E-state index in [2.05, 4.69) is 27.5 Å². The van der Waals surface area contributed by atoms with Gasteiger partial charge in [-0.2, -0.15) is 0 Å². The fourth-order valence-electron chi connectivity index (χ4n) is 3.17. The highest BCUT2D eigenvalue weighted by molar-refractivity contribution is 14.0. The van der Waals surface area contributed by atoms with Crippen LogP contribution in [0, 0.1) is 5.82 Å². The van der Waals surface area contributed by atoms with Gasteiger partial charge in [-0.25, -0.2) is 4.39 Å². The predicted molar refractivity (Wildman–Crippen MR) is 121 cm³/mol. The Balaban J connectivity index is 0.00000280. The number of aromatic amines is 1. The smallest absolute Gasteiger partial charge is 0.191 e. The molecule has 8 heteroatoms. The number of aromatic nitrogens is 1. The summed E-state index contributed by atoms with van der Waals surface area (Å²) in [4.78, 5) is 7.83. The zero-order valence-corrected chi connectivity index (χ0v) is 18.8. The van der Waals surface area contributed by atoms with Crippen LogP contribution in [-0.4, -0.2) is 56.0 Å². The summed E-state index contributed by atoms with van der Waals surface area (Å²) in [6, 6.07) is 4.95. The molecule has 1 aliphatic heterocycles. The van der Waals surface area contributed by atoms with Gasteiger partial charge in [0.25, 0.3) is 0 Å². The lowest BCUT2D eigenvalue weighted by Crippen LogP contribution is -2.44. The Kier molecular flexibility index (Phi) is 9.46. The molecular formula is C20H30FIN4O2. The summed E-state index contributed by atoms with van der Waals surface area (Å²) in [7, 11) is 0. The van der Waals surface area contributed by atoms with Crippen LogP contribution in [0.2, 0.25) is 0 Å². The van der Waals surface area contributed by atoms with Gasteiger partial charge in [-0.1, -0.05) is 0 Å². The molecule has 2 heterocycles. The summed E-state index contributed by atoms with van der Waals surface area (Å²) in [5.74, 6) is 0.547. The molecule has 1 aromatic carbocycles. The van der Waals surface area contributed by atoms with E-state index in [1.54, 1.807) is 12.1 Å². The molecule has 1 fully saturated rings. The van der Waals surface area contributed by atoms with E-state index in [-0.39, 0.29) is 41.9 Å². The number of aliphatic imine (C=N–C) groups is 1. The summed E-state index contributed by atoms with van der Waals surface area (Å²) >= 11 is 0. The largest absolute Gasteiger partial charge is 0.379 e. The topological polar surface area (TPSA) is 70.7 Å². The van der Waals surface area contributed by atoms with Gasteiger partial charge in [0.05, 0.1) is 19.3 Å². The molecule has 3 N–H and O–H groups in total. The molecule has 28 heavy (non-hydrogen) atoms. The van der Waals surface area contributed by atoms with Gasteiger partial charge in [-0.15, -0.1) is 24.0 Å². The molecule has 3 rings (SSSR count). The molecule has 156 valence electrons. The average Bonchev–Trinajstić information content (AvgIpc) is 3.30. The van der Waals surface area contributed by atoms with E-state index in [1.807, 2.05) is 13.1 Å². The first-order valence-electron chi connectivity index (χ1n) is 9.65. The van der Waals surface area contributed by atoms with Crippen molar-refractivity contribution in [2.75, 3.05) is 32.9 Å². The molecule has 0 saturated carbocycles. The lowest BCUT2D eigenvalue weighted by atomic mass is 10.1. The van der Waals surface area contributed by atoms with Crippen molar-refractivity contribution in [1.82, 2.24) is 15.6 Å². The third-order valence-corrected chi connectivity index (χ3v) is 4.58. The van der Waals surface area contributed by atoms with Crippen molar-refractivity contribution in [3.8, 4) is 0 Å². The van der Waals surface area contributed by atoms with Crippen molar-refractivity contribution in [1.29, 1.82) is 0 Å². The van der Waals surface area contributed by atoms with Gasteiger partial charge in [0.15, 0.2) is 5.96 Å². The fraction of sp³-hybridized carbons (Fsp3) is 0.550. The molecule has 0 aliphatic carbocycles. The zero-order chi connectivity index (χ0) is 19.1. The molecular weight excluding hydrogens is 474 g/mol. The van der Waals surface area contributed by atoms with Crippen LogP contribution in [0.4, 0.5) is 4.39 Å². The molecule has 2 unspecified atom stereocenters. The quantitative estimate of drug-likeness (QED) is 0.294. The van der Waals surface area contributed by atoms with Gasteiger partial charge in [-0.05, 0) is 50.5 Å². The van der Waals surface area contributed by atoms with Crippen molar-refractivity contribution >= 4 is 40.8 Å². The van der Waals surface area contributed by atoms with Gasteiger partial charge in [0.2, 0.25) is 0 Å². The first-order chi connectivity index (χ1) is 13.2. The van der Waals surface area contributed by atoms with Crippen LogP contribution in [0.1, 0.15) is 25.8 Å². The SMILES string of the molecule is CCNC(=NCCc1c[nH]c2ccc(F)cc12)NC(C)COC1CCOC1.I. The zero-order valence-electron chi connectivity index (χ0n) is 16.5. The Bertz CT molecular complexity index is 762. The molecule has 1 aliphatic rings. The first-order valence-corrected chi connectivity index (χ1v) is 9.65. The van der Waals surface area contributed by atoms with Crippen LogP contribution in [0.3, 0.4) is 0 Å².